The number of nitrogens with two attached hydrogens (primary N) is 1. The smallest absolute Gasteiger partial charge is 0.0623 e. The van der Waals surface area contributed by atoms with Gasteiger partial charge in [0.05, 0.1) is 13.2 Å². The molecule has 1 aliphatic rings. The van der Waals surface area contributed by atoms with Gasteiger partial charge < -0.3 is 15.8 Å². The van der Waals surface area contributed by atoms with Crippen molar-refractivity contribution in [2.75, 3.05) is 19.8 Å². The molecular formula is C13H22N2O. The molecule has 0 aromatic rings. The van der Waals surface area contributed by atoms with Gasteiger partial charge in [-0.3, -0.25) is 0 Å². The molecule has 1 atom stereocenters. The Bertz CT molecular complexity index is 282. The van der Waals surface area contributed by atoms with Crippen molar-refractivity contribution in [3.63, 3.8) is 0 Å². The molecule has 0 aromatic carbocycles. The number of hydrogen-bond donors (Lipinski definition) is 2. The highest BCUT2D eigenvalue weighted by Gasteiger charge is 2.13. The lowest BCUT2D eigenvalue weighted by Gasteiger charge is -2.24. The molecule has 1 rings (SSSR count). The van der Waals surface area contributed by atoms with Crippen molar-refractivity contribution in [3.05, 3.63) is 35.6 Å². The normalized spacial score (nSPS) is 24.0. The standard InChI is InChI=1S/C13H22N2O/c1-3-4-5-12(8-11(2)14)9-13-10-16-7-6-15-13/h3-5,8,13,15H,6-7,9-10,14H2,1-2H3/b4-3-,11-8+,12-5+. The summed E-state index contributed by atoms with van der Waals surface area (Å²) in [7, 11) is 0. The molecule has 3 heteroatoms. The minimum Gasteiger partial charge on any atom is -0.402 e. The Morgan fingerprint density at radius 3 is 2.94 bits per heavy atom. The van der Waals surface area contributed by atoms with E-state index < -0.39 is 0 Å². The largest absolute Gasteiger partial charge is 0.402 e. The van der Waals surface area contributed by atoms with Gasteiger partial charge in [0.1, 0.15) is 0 Å². The van der Waals surface area contributed by atoms with Crippen molar-refractivity contribution in [2.24, 2.45) is 5.73 Å². The molecule has 0 bridgehead atoms. The van der Waals surface area contributed by atoms with E-state index in [0.717, 1.165) is 31.9 Å². The van der Waals surface area contributed by atoms with E-state index in [0.29, 0.717) is 6.04 Å². The minimum absolute atomic E-state index is 0.404. The molecule has 3 N–H and O–H groups in total. The monoisotopic (exact) mass is 222 g/mol. The van der Waals surface area contributed by atoms with Crippen LogP contribution in [0.1, 0.15) is 20.3 Å². The van der Waals surface area contributed by atoms with Crippen LogP contribution < -0.4 is 11.1 Å². The van der Waals surface area contributed by atoms with E-state index in [1.54, 1.807) is 0 Å². The molecule has 0 amide bonds. The van der Waals surface area contributed by atoms with Crippen molar-refractivity contribution in [2.45, 2.75) is 26.3 Å². The van der Waals surface area contributed by atoms with Gasteiger partial charge in [0, 0.05) is 18.3 Å². The summed E-state index contributed by atoms with van der Waals surface area (Å²) in [4.78, 5) is 0. The lowest BCUT2D eigenvalue weighted by Crippen LogP contribution is -2.41. The van der Waals surface area contributed by atoms with E-state index in [-0.39, 0.29) is 0 Å². The first kappa shape index (κ1) is 13.0. The molecule has 0 saturated carbocycles. The fourth-order valence-corrected chi connectivity index (χ4v) is 1.72. The molecule has 1 aliphatic heterocycles. The lowest BCUT2D eigenvalue weighted by molar-refractivity contribution is 0.0772. The van der Waals surface area contributed by atoms with Gasteiger partial charge in [-0.15, -0.1) is 0 Å². The second-order valence-electron chi connectivity index (χ2n) is 4.09. The maximum atomic E-state index is 5.71. The molecule has 16 heavy (non-hydrogen) atoms. The highest BCUT2D eigenvalue weighted by Crippen LogP contribution is 2.11. The number of rotatable bonds is 4. The van der Waals surface area contributed by atoms with Crippen LogP contribution in [0.3, 0.4) is 0 Å². The van der Waals surface area contributed by atoms with Crippen LogP contribution in [-0.4, -0.2) is 25.8 Å². The third-order valence-electron chi connectivity index (χ3n) is 2.40. The van der Waals surface area contributed by atoms with Gasteiger partial charge in [-0.25, -0.2) is 0 Å². The van der Waals surface area contributed by atoms with Crippen molar-refractivity contribution in [3.8, 4) is 0 Å². The zero-order valence-corrected chi connectivity index (χ0v) is 10.2. The molecular weight excluding hydrogens is 200 g/mol. The zero-order chi connectivity index (χ0) is 11.8. The van der Waals surface area contributed by atoms with Gasteiger partial charge in [0.25, 0.3) is 0 Å². The number of nitrogens with one attached hydrogen (secondary N) is 1. The van der Waals surface area contributed by atoms with Gasteiger partial charge in [-0.05, 0) is 31.9 Å². The molecule has 0 spiro atoms. The van der Waals surface area contributed by atoms with Gasteiger partial charge in [-0.1, -0.05) is 18.2 Å². The molecule has 0 radical (unpaired) electrons. The van der Waals surface area contributed by atoms with E-state index in [9.17, 15) is 0 Å². The van der Waals surface area contributed by atoms with Gasteiger partial charge in [0.15, 0.2) is 0 Å². The summed E-state index contributed by atoms with van der Waals surface area (Å²) < 4.78 is 5.43. The summed E-state index contributed by atoms with van der Waals surface area (Å²) in [6, 6.07) is 0.404. The van der Waals surface area contributed by atoms with E-state index in [2.05, 4.69) is 11.4 Å². The average molecular weight is 222 g/mol. The predicted octanol–water partition coefficient (Wildman–Crippen LogP) is 1.73. The van der Waals surface area contributed by atoms with Crippen molar-refractivity contribution in [1.82, 2.24) is 5.32 Å². The summed E-state index contributed by atoms with van der Waals surface area (Å²) in [5.74, 6) is 0. The third-order valence-corrected chi connectivity index (χ3v) is 2.40. The van der Waals surface area contributed by atoms with E-state index >= 15 is 0 Å². The zero-order valence-electron chi connectivity index (χ0n) is 10.2. The second-order valence-corrected chi connectivity index (χ2v) is 4.09. The summed E-state index contributed by atoms with van der Waals surface area (Å²) in [5, 5.41) is 3.44. The molecule has 1 saturated heterocycles. The molecule has 1 unspecified atom stereocenters. The van der Waals surface area contributed by atoms with Crippen molar-refractivity contribution >= 4 is 0 Å². The Morgan fingerprint density at radius 2 is 2.38 bits per heavy atom. The summed E-state index contributed by atoms with van der Waals surface area (Å²) in [5.41, 5.74) is 7.79. The van der Waals surface area contributed by atoms with Crippen LogP contribution in [-0.2, 0) is 4.74 Å². The fourth-order valence-electron chi connectivity index (χ4n) is 1.72. The van der Waals surface area contributed by atoms with Crippen LogP contribution in [0.5, 0.6) is 0 Å². The first-order valence-electron chi connectivity index (χ1n) is 5.79. The Balaban J connectivity index is 2.58. The fraction of sp³-hybridized carbons (Fsp3) is 0.538. The van der Waals surface area contributed by atoms with E-state index in [4.69, 9.17) is 10.5 Å². The lowest BCUT2D eigenvalue weighted by atomic mass is 10.0. The molecule has 1 fully saturated rings. The first-order chi connectivity index (χ1) is 7.72. The van der Waals surface area contributed by atoms with Crippen LogP contribution >= 0.6 is 0 Å². The summed E-state index contributed by atoms with van der Waals surface area (Å²) in [6.07, 6.45) is 9.14. The van der Waals surface area contributed by atoms with Gasteiger partial charge in [-0.2, -0.15) is 0 Å². The van der Waals surface area contributed by atoms with Crippen molar-refractivity contribution in [1.29, 1.82) is 0 Å². The highest BCUT2D eigenvalue weighted by molar-refractivity contribution is 5.26. The van der Waals surface area contributed by atoms with Crippen molar-refractivity contribution < 1.29 is 4.74 Å². The number of morpholine rings is 1. The molecule has 0 aromatic heterocycles. The molecule has 0 aliphatic carbocycles. The molecule has 3 nitrogen and oxygen atoms in total. The summed E-state index contributed by atoms with van der Waals surface area (Å²) in [6.45, 7) is 6.46. The van der Waals surface area contributed by atoms with Gasteiger partial charge >= 0.3 is 0 Å². The van der Waals surface area contributed by atoms with Gasteiger partial charge in [0.2, 0.25) is 0 Å². The quantitative estimate of drug-likeness (QED) is 0.712. The first-order valence-corrected chi connectivity index (χ1v) is 5.79. The maximum absolute atomic E-state index is 5.71. The third kappa shape index (κ3) is 5.14. The van der Waals surface area contributed by atoms with E-state index in [1.165, 1.54) is 5.57 Å². The highest BCUT2D eigenvalue weighted by atomic mass is 16.5. The summed E-state index contributed by atoms with van der Waals surface area (Å²) >= 11 is 0. The Kier molecular flexibility index (Phi) is 5.90. The topological polar surface area (TPSA) is 47.3 Å². The van der Waals surface area contributed by atoms with Crippen LogP contribution in [0.4, 0.5) is 0 Å². The van der Waals surface area contributed by atoms with E-state index in [1.807, 2.05) is 32.1 Å². The second kappa shape index (κ2) is 7.25. The number of allylic oxidation sites excluding steroid dienone is 5. The molecule has 90 valence electrons. The molecule has 1 heterocycles. The van der Waals surface area contributed by atoms with Crippen LogP contribution in [0, 0.1) is 0 Å². The maximum Gasteiger partial charge on any atom is 0.0623 e. The van der Waals surface area contributed by atoms with Crippen LogP contribution in [0.2, 0.25) is 0 Å². The van der Waals surface area contributed by atoms with Crippen LogP contribution in [0.15, 0.2) is 35.6 Å². The minimum atomic E-state index is 0.404. The van der Waals surface area contributed by atoms with Crippen LogP contribution in [0.25, 0.3) is 0 Å². The average Bonchev–Trinajstić information content (AvgIpc) is 2.26. The Labute approximate surface area is 98.0 Å². The SMILES string of the molecule is C\C=C/C=C(\C=C(/C)N)CC1COCCN1. The predicted molar refractivity (Wildman–Crippen MR) is 68.1 cm³/mol. The Morgan fingerprint density at radius 1 is 1.56 bits per heavy atom. The Hall–Kier alpha value is -1.06. The number of ether oxygens (including phenoxy) is 1. The number of hydrogen-bond acceptors (Lipinski definition) is 3.